The standard InChI is InChI=1S/C21H26N4O3/c1-28-19-7-4-17(5-8-19)23-12-14-24(15-13-23)21-16-18(22-10-2-3-11-22)6-9-20(21)25(26)27/h4-9,16H,2-3,10-15H2,1H3. The first-order chi connectivity index (χ1) is 13.7. The highest BCUT2D eigenvalue weighted by Gasteiger charge is 2.25. The van der Waals surface area contributed by atoms with Crippen LogP contribution >= 0.6 is 0 Å². The molecule has 28 heavy (non-hydrogen) atoms. The highest BCUT2D eigenvalue weighted by molar-refractivity contribution is 5.71. The Kier molecular flexibility index (Phi) is 5.23. The van der Waals surface area contributed by atoms with Crippen molar-refractivity contribution in [1.82, 2.24) is 0 Å². The van der Waals surface area contributed by atoms with Gasteiger partial charge in [0.2, 0.25) is 0 Å². The number of nitro benzene ring substituents is 1. The van der Waals surface area contributed by atoms with Crippen molar-refractivity contribution in [2.75, 3.05) is 61.1 Å². The lowest BCUT2D eigenvalue weighted by molar-refractivity contribution is -0.384. The fraction of sp³-hybridized carbons (Fsp3) is 0.429. The molecule has 2 saturated heterocycles. The van der Waals surface area contributed by atoms with Crippen molar-refractivity contribution in [2.45, 2.75) is 12.8 Å². The largest absolute Gasteiger partial charge is 0.497 e. The molecule has 2 aromatic rings. The van der Waals surface area contributed by atoms with Crippen LogP contribution in [-0.2, 0) is 0 Å². The molecule has 0 amide bonds. The van der Waals surface area contributed by atoms with E-state index in [1.807, 2.05) is 24.3 Å². The summed E-state index contributed by atoms with van der Waals surface area (Å²) in [5.74, 6) is 0.844. The van der Waals surface area contributed by atoms with Gasteiger partial charge in [-0.15, -0.1) is 0 Å². The Morgan fingerprint density at radius 1 is 0.821 bits per heavy atom. The normalized spacial score (nSPS) is 17.1. The maximum atomic E-state index is 11.6. The molecule has 0 atom stereocenters. The smallest absolute Gasteiger partial charge is 0.292 e. The van der Waals surface area contributed by atoms with Gasteiger partial charge in [0.05, 0.1) is 12.0 Å². The topological polar surface area (TPSA) is 62.1 Å². The van der Waals surface area contributed by atoms with E-state index in [1.165, 1.54) is 12.8 Å². The second kappa shape index (κ2) is 7.96. The van der Waals surface area contributed by atoms with Gasteiger partial charge in [0.1, 0.15) is 11.4 Å². The molecule has 4 rings (SSSR count). The maximum absolute atomic E-state index is 11.6. The first kappa shape index (κ1) is 18.4. The van der Waals surface area contributed by atoms with E-state index in [9.17, 15) is 10.1 Å². The van der Waals surface area contributed by atoms with Gasteiger partial charge in [-0.1, -0.05) is 0 Å². The third-order valence-electron chi connectivity index (χ3n) is 5.68. The van der Waals surface area contributed by atoms with Crippen molar-refractivity contribution in [3.8, 4) is 5.75 Å². The van der Waals surface area contributed by atoms with E-state index >= 15 is 0 Å². The van der Waals surface area contributed by atoms with Crippen molar-refractivity contribution in [3.05, 3.63) is 52.6 Å². The summed E-state index contributed by atoms with van der Waals surface area (Å²) >= 11 is 0. The molecule has 0 aromatic heterocycles. The number of benzene rings is 2. The van der Waals surface area contributed by atoms with Crippen LogP contribution < -0.4 is 19.4 Å². The number of hydrogen-bond donors (Lipinski definition) is 0. The van der Waals surface area contributed by atoms with Gasteiger partial charge in [-0.3, -0.25) is 10.1 Å². The number of anilines is 3. The Morgan fingerprint density at radius 2 is 1.39 bits per heavy atom. The van der Waals surface area contributed by atoms with Gasteiger partial charge >= 0.3 is 0 Å². The monoisotopic (exact) mass is 382 g/mol. The first-order valence-corrected chi connectivity index (χ1v) is 9.83. The van der Waals surface area contributed by atoms with Crippen molar-refractivity contribution >= 4 is 22.7 Å². The van der Waals surface area contributed by atoms with Gasteiger partial charge < -0.3 is 19.4 Å². The second-order valence-corrected chi connectivity index (χ2v) is 7.30. The minimum Gasteiger partial charge on any atom is -0.497 e. The molecule has 0 spiro atoms. The maximum Gasteiger partial charge on any atom is 0.292 e. The zero-order valence-corrected chi connectivity index (χ0v) is 16.2. The summed E-state index contributed by atoms with van der Waals surface area (Å²) < 4.78 is 5.23. The van der Waals surface area contributed by atoms with E-state index < -0.39 is 0 Å². The lowest BCUT2D eigenvalue weighted by atomic mass is 10.1. The van der Waals surface area contributed by atoms with Gasteiger partial charge in [0.25, 0.3) is 5.69 Å². The van der Waals surface area contributed by atoms with Gasteiger partial charge in [-0.25, -0.2) is 0 Å². The van der Waals surface area contributed by atoms with E-state index in [0.29, 0.717) is 0 Å². The van der Waals surface area contributed by atoms with Crippen LogP contribution in [0.4, 0.5) is 22.7 Å². The molecule has 7 heteroatoms. The summed E-state index contributed by atoms with van der Waals surface area (Å²) in [6.45, 7) is 5.24. The summed E-state index contributed by atoms with van der Waals surface area (Å²) in [7, 11) is 1.66. The van der Waals surface area contributed by atoms with Gasteiger partial charge in [-0.05, 0) is 49.2 Å². The van der Waals surface area contributed by atoms with Crippen LogP contribution in [0.1, 0.15) is 12.8 Å². The van der Waals surface area contributed by atoms with E-state index in [-0.39, 0.29) is 10.6 Å². The number of nitrogens with zero attached hydrogens (tertiary/aromatic N) is 4. The Hall–Kier alpha value is -2.96. The lowest BCUT2D eigenvalue weighted by Crippen LogP contribution is -2.46. The number of nitro groups is 1. The Bertz CT molecular complexity index is 826. The molecule has 0 bridgehead atoms. The van der Waals surface area contributed by atoms with Crippen molar-refractivity contribution < 1.29 is 9.66 Å². The molecular formula is C21H26N4O3. The molecule has 2 aliphatic heterocycles. The third kappa shape index (κ3) is 3.69. The predicted molar refractivity (Wildman–Crippen MR) is 112 cm³/mol. The lowest BCUT2D eigenvalue weighted by Gasteiger charge is -2.37. The van der Waals surface area contributed by atoms with E-state index in [2.05, 4.69) is 26.8 Å². The Labute approximate surface area is 165 Å². The van der Waals surface area contributed by atoms with E-state index in [1.54, 1.807) is 13.2 Å². The summed E-state index contributed by atoms with van der Waals surface area (Å²) in [6.07, 6.45) is 2.37. The minimum atomic E-state index is -0.265. The number of methoxy groups -OCH3 is 1. The number of piperazine rings is 1. The predicted octanol–water partition coefficient (Wildman–Crippen LogP) is 3.53. The van der Waals surface area contributed by atoms with Crippen LogP contribution in [0.15, 0.2) is 42.5 Å². The summed E-state index contributed by atoms with van der Waals surface area (Å²) in [5, 5.41) is 11.6. The van der Waals surface area contributed by atoms with E-state index in [0.717, 1.165) is 62.1 Å². The second-order valence-electron chi connectivity index (χ2n) is 7.30. The zero-order valence-electron chi connectivity index (χ0n) is 16.2. The van der Waals surface area contributed by atoms with Gasteiger partial charge in [0.15, 0.2) is 0 Å². The van der Waals surface area contributed by atoms with Crippen molar-refractivity contribution in [1.29, 1.82) is 0 Å². The molecule has 0 N–H and O–H groups in total. The van der Waals surface area contributed by atoms with Crippen LogP contribution in [0.5, 0.6) is 5.75 Å². The molecule has 2 heterocycles. The molecular weight excluding hydrogens is 356 g/mol. The molecule has 0 unspecified atom stereocenters. The van der Waals surface area contributed by atoms with Crippen LogP contribution in [0, 0.1) is 10.1 Å². The zero-order chi connectivity index (χ0) is 19.5. The third-order valence-corrected chi connectivity index (χ3v) is 5.68. The van der Waals surface area contributed by atoms with Crippen LogP contribution in [-0.4, -0.2) is 51.3 Å². The Balaban J connectivity index is 1.51. The van der Waals surface area contributed by atoms with Crippen molar-refractivity contribution in [2.24, 2.45) is 0 Å². The fourth-order valence-electron chi connectivity index (χ4n) is 4.09. The number of ether oxygens (including phenoxy) is 1. The summed E-state index contributed by atoms with van der Waals surface area (Å²) in [5.41, 5.74) is 3.18. The molecule has 2 aliphatic rings. The minimum absolute atomic E-state index is 0.195. The van der Waals surface area contributed by atoms with E-state index in [4.69, 9.17) is 4.74 Å². The molecule has 2 aromatic carbocycles. The molecule has 148 valence electrons. The SMILES string of the molecule is COc1ccc(N2CCN(c3cc(N4CCCC4)ccc3[N+](=O)[O-])CC2)cc1. The van der Waals surface area contributed by atoms with Gasteiger partial charge in [-0.2, -0.15) is 0 Å². The number of rotatable bonds is 5. The van der Waals surface area contributed by atoms with Crippen molar-refractivity contribution in [3.63, 3.8) is 0 Å². The summed E-state index contributed by atoms with van der Waals surface area (Å²) in [6, 6.07) is 13.6. The van der Waals surface area contributed by atoms with Gasteiger partial charge in [0, 0.05) is 56.7 Å². The highest BCUT2D eigenvalue weighted by Crippen LogP contribution is 2.34. The van der Waals surface area contributed by atoms with Crippen LogP contribution in [0.25, 0.3) is 0 Å². The number of hydrogen-bond acceptors (Lipinski definition) is 6. The average Bonchev–Trinajstić information content (AvgIpc) is 3.28. The van der Waals surface area contributed by atoms with Crippen LogP contribution in [0.2, 0.25) is 0 Å². The highest BCUT2D eigenvalue weighted by atomic mass is 16.6. The fourth-order valence-corrected chi connectivity index (χ4v) is 4.09. The molecule has 0 saturated carbocycles. The Morgan fingerprint density at radius 3 is 2.00 bits per heavy atom. The summed E-state index contributed by atoms with van der Waals surface area (Å²) in [4.78, 5) is 18.1. The quantitative estimate of drug-likeness (QED) is 0.582. The molecule has 2 fully saturated rings. The first-order valence-electron chi connectivity index (χ1n) is 9.83. The van der Waals surface area contributed by atoms with Crippen LogP contribution in [0.3, 0.4) is 0 Å². The average molecular weight is 382 g/mol. The molecule has 7 nitrogen and oxygen atoms in total. The molecule has 0 radical (unpaired) electrons. The molecule has 0 aliphatic carbocycles.